The smallest absolute Gasteiger partial charge is 0.407 e. The van der Waals surface area contributed by atoms with E-state index in [9.17, 15) is 4.79 Å². The predicted molar refractivity (Wildman–Crippen MR) is 117 cm³/mol. The zero-order valence-corrected chi connectivity index (χ0v) is 18.3. The molecular weight excluding hydrogens is 413 g/mol. The van der Waals surface area contributed by atoms with Crippen molar-refractivity contribution in [2.45, 2.75) is 76.6 Å². The molecule has 32 heavy (non-hydrogen) atoms. The summed E-state index contributed by atoms with van der Waals surface area (Å²) in [5.74, 6) is 0.859. The SMILES string of the molecule is CC(C)NC(=O)O[C@H]1CC[C@@H](c2cc(Nc3nccn4nc5c(c34)CCCC5)n[nH]2)[C@H]1F. The van der Waals surface area contributed by atoms with Gasteiger partial charge in [-0.3, -0.25) is 5.10 Å². The summed E-state index contributed by atoms with van der Waals surface area (Å²) >= 11 is 0. The third-order valence-electron chi connectivity index (χ3n) is 6.23. The summed E-state index contributed by atoms with van der Waals surface area (Å²) in [4.78, 5) is 16.4. The predicted octanol–water partition coefficient (Wildman–Crippen LogP) is 3.79. The van der Waals surface area contributed by atoms with Crippen LogP contribution in [-0.4, -0.2) is 49.2 Å². The molecule has 1 amide bonds. The fourth-order valence-corrected chi connectivity index (χ4v) is 4.75. The third kappa shape index (κ3) is 3.89. The molecule has 0 aliphatic heterocycles. The Kier molecular flexibility index (Phi) is 5.44. The van der Waals surface area contributed by atoms with Crippen molar-refractivity contribution in [1.82, 2.24) is 30.1 Å². The number of alkyl carbamates (subject to hydrolysis) is 1. The first-order chi connectivity index (χ1) is 15.5. The van der Waals surface area contributed by atoms with E-state index in [1.807, 2.05) is 30.6 Å². The number of ether oxygens (including phenoxy) is 1. The zero-order chi connectivity index (χ0) is 22.2. The number of amides is 1. The minimum Gasteiger partial charge on any atom is -0.443 e. The highest BCUT2D eigenvalue weighted by Gasteiger charge is 2.41. The van der Waals surface area contributed by atoms with Crippen LogP contribution in [0.25, 0.3) is 5.52 Å². The highest BCUT2D eigenvalue weighted by Crippen LogP contribution is 2.39. The lowest BCUT2D eigenvalue weighted by atomic mass is 9.97. The van der Waals surface area contributed by atoms with Crippen LogP contribution >= 0.6 is 0 Å². The normalized spacial score (nSPS) is 22.8. The number of carbonyl (C=O) groups is 1. The molecule has 3 atom stereocenters. The number of aryl methyl sites for hydroxylation is 2. The van der Waals surface area contributed by atoms with E-state index in [4.69, 9.17) is 9.84 Å². The van der Waals surface area contributed by atoms with E-state index in [2.05, 4.69) is 25.8 Å². The van der Waals surface area contributed by atoms with Gasteiger partial charge in [0.25, 0.3) is 0 Å². The summed E-state index contributed by atoms with van der Waals surface area (Å²) in [6.45, 7) is 3.67. The van der Waals surface area contributed by atoms with Crippen molar-refractivity contribution >= 4 is 23.2 Å². The van der Waals surface area contributed by atoms with Gasteiger partial charge >= 0.3 is 6.09 Å². The first-order valence-electron chi connectivity index (χ1n) is 11.3. The molecular formula is C22H28FN7O2. The summed E-state index contributed by atoms with van der Waals surface area (Å²) in [5.41, 5.74) is 4.02. The first kappa shape index (κ1) is 20.7. The van der Waals surface area contributed by atoms with Crippen molar-refractivity contribution < 1.29 is 13.9 Å². The number of anilines is 2. The Morgan fingerprint density at radius 1 is 1.31 bits per heavy atom. The van der Waals surface area contributed by atoms with Gasteiger partial charge < -0.3 is 15.4 Å². The zero-order valence-electron chi connectivity index (χ0n) is 18.3. The monoisotopic (exact) mass is 441 g/mol. The molecule has 170 valence electrons. The molecule has 1 fully saturated rings. The van der Waals surface area contributed by atoms with Crippen molar-refractivity contribution in [3.8, 4) is 0 Å². The van der Waals surface area contributed by atoms with Crippen LogP contribution in [-0.2, 0) is 17.6 Å². The molecule has 0 radical (unpaired) electrons. The molecule has 10 heteroatoms. The highest BCUT2D eigenvalue weighted by atomic mass is 19.1. The fourth-order valence-electron chi connectivity index (χ4n) is 4.75. The molecule has 2 aliphatic rings. The Balaban J connectivity index is 1.31. The number of aromatic amines is 1. The van der Waals surface area contributed by atoms with Crippen LogP contribution in [0, 0.1) is 0 Å². The van der Waals surface area contributed by atoms with E-state index in [1.54, 1.807) is 6.20 Å². The number of nitrogens with one attached hydrogen (secondary N) is 3. The van der Waals surface area contributed by atoms with Crippen LogP contribution in [0.15, 0.2) is 18.5 Å². The van der Waals surface area contributed by atoms with Crippen molar-refractivity contribution in [1.29, 1.82) is 0 Å². The van der Waals surface area contributed by atoms with Gasteiger partial charge in [-0.1, -0.05) is 0 Å². The Hall–Kier alpha value is -3.17. The largest absolute Gasteiger partial charge is 0.443 e. The average Bonchev–Trinajstić information content (AvgIpc) is 3.45. The van der Waals surface area contributed by atoms with Crippen LogP contribution in [0.2, 0.25) is 0 Å². The average molecular weight is 442 g/mol. The quantitative estimate of drug-likeness (QED) is 0.556. The van der Waals surface area contributed by atoms with Gasteiger partial charge in [-0.05, 0) is 52.4 Å². The van der Waals surface area contributed by atoms with Crippen molar-refractivity contribution in [2.75, 3.05) is 5.32 Å². The van der Waals surface area contributed by atoms with Crippen molar-refractivity contribution in [3.63, 3.8) is 0 Å². The van der Waals surface area contributed by atoms with Gasteiger partial charge in [-0.25, -0.2) is 18.7 Å². The van der Waals surface area contributed by atoms with Crippen LogP contribution < -0.4 is 10.6 Å². The van der Waals surface area contributed by atoms with Gasteiger partial charge in [-0.15, -0.1) is 0 Å². The minimum absolute atomic E-state index is 0.0570. The van der Waals surface area contributed by atoms with E-state index in [0.29, 0.717) is 30.2 Å². The number of alkyl halides is 1. The van der Waals surface area contributed by atoms with Gasteiger partial charge in [0, 0.05) is 41.7 Å². The molecule has 3 N–H and O–H groups in total. The van der Waals surface area contributed by atoms with Gasteiger partial charge in [0.2, 0.25) is 0 Å². The number of carbonyl (C=O) groups excluding carboxylic acids is 1. The molecule has 0 bridgehead atoms. The second-order valence-corrected chi connectivity index (χ2v) is 8.91. The fraction of sp³-hybridized carbons (Fsp3) is 0.545. The molecule has 3 aromatic rings. The molecule has 5 rings (SSSR count). The highest BCUT2D eigenvalue weighted by molar-refractivity contribution is 5.76. The number of H-pyrrole nitrogens is 1. The standard InChI is InChI=1S/C22H28FN7O2/c1-12(2)25-22(31)32-17-8-7-13(19(17)23)16-11-18(28-27-16)26-21-20-14-5-3-4-6-15(14)29-30(20)10-9-24-21/h9-13,17,19H,3-8H2,1-2H3,(H,25,31)(H2,24,26,27,28)/t13-,17-,19+/m0/s1. The lowest BCUT2D eigenvalue weighted by Gasteiger charge is -2.18. The maximum Gasteiger partial charge on any atom is 0.407 e. The van der Waals surface area contributed by atoms with E-state index in [0.717, 1.165) is 36.9 Å². The molecule has 0 aromatic carbocycles. The van der Waals surface area contributed by atoms with E-state index in [-0.39, 0.29) is 6.04 Å². The second kappa shape index (κ2) is 8.40. The minimum atomic E-state index is -1.29. The van der Waals surface area contributed by atoms with Gasteiger partial charge in [0.1, 0.15) is 17.8 Å². The second-order valence-electron chi connectivity index (χ2n) is 8.91. The number of rotatable bonds is 5. The Morgan fingerprint density at radius 3 is 3.00 bits per heavy atom. The summed E-state index contributed by atoms with van der Waals surface area (Å²) in [6, 6.07) is 1.75. The molecule has 0 saturated heterocycles. The first-order valence-corrected chi connectivity index (χ1v) is 11.3. The third-order valence-corrected chi connectivity index (χ3v) is 6.23. The summed E-state index contributed by atoms with van der Waals surface area (Å²) in [6.07, 6.45) is 6.27. The van der Waals surface area contributed by atoms with E-state index < -0.39 is 24.3 Å². The number of hydrogen-bond donors (Lipinski definition) is 3. The molecule has 0 unspecified atom stereocenters. The molecule has 0 spiro atoms. The number of hydrogen-bond acceptors (Lipinski definition) is 6. The van der Waals surface area contributed by atoms with E-state index in [1.165, 1.54) is 5.56 Å². The lowest BCUT2D eigenvalue weighted by molar-refractivity contribution is 0.0555. The van der Waals surface area contributed by atoms with Crippen LogP contribution in [0.3, 0.4) is 0 Å². The molecule has 9 nitrogen and oxygen atoms in total. The number of aromatic nitrogens is 5. The van der Waals surface area contributed by atoms with Crippen LogP contribution in [0.1, 0.15) is 62.4 Å². The number of nitrogens with zero attached hydrogens (tertiary/aromatic N) is 4. The van der Waals surface area contributed by atoms with Crippen LogP contribution in [0.5, 0.6) is 0 Å². The molecule has 3 aromatic heterocycles. The lowest BCUT2D eigenvalue weighted by Crippen LogP contribution is -2.36. The van der Waals surface area contributed by atoms with Gasteiger partial charge in [-0.2, -0.15) is 10.2 Å². The number of fused-ring (bicyclic) bond motifs is 3. The molecule has 3 heterocycles. The van der Waals surface area contributed by atoms with Crippen molar-refractivity contribution in [3.05, 3.63) is 35.4 Å². The Bertz CT molecular complexity index is 1120. The topological polar surface area (TPSA) is 109 Å². The molecule has 1 saturated carbocycles. The summed E-state index contributed by atoms with van der Waals surface area (Å²) in [5, 5.41) is 17.9. The van der Waals surface area contributed by atoms with Gasteiger partial charge in [0.15, 0.2) is 11.6 Å². The van der Waals surface area contributed by atoms with E-state index >= 15 is 4.39 Å². The maximum atomic E-state index is 15.0. The van der Waals surface area contributed by atoms with Gasteiger partial charge in [0.05, 0.1) is 5.69 Å². The summed E-state index contributed by atoms with van der Waals surface area (Å²) in [7, 11) is 0. The number of halogens is 1. The molecule has 2 aliphatic carbocycles. The Labute approximate surface area is 185 Å². The van der Waals surface area contributed by atoms with Crippen molar-refractivity contribution in [2.24, 2.45) is 0 Å². The summed E-state index contributed by atoms with van der Waals surface area (Å²) < 4.78 is 22.2. The Morgan fingerprint density at radius 2 is 2.16 bits per heavy atom. The van der Waals surface area contributed by atoms with Crippen LogP contribution in [0.4, 0.5) is 20.8 Å². The maximum absolute atomic E-state index is 15.0.